The largest absolute Gasteiger partial charge is 0.498 e. The molecule has 0 amide bonds. The van der Waals surface area contributed by atoms with Crippen LogP contribution in [0.2, 0.25) is 0 Å². The molecule has 3 rings (SSSR count). The molecule has 1 aliphatic carbocycles. The third-order valence-corrected chi connectivity index (χ3v) is 5.25. The molecule has 2 aromatic rings. The molecule has 0 aromatic heterocycles. The second-order valence-electron chi connectivity index (χ2n) is 7.59. The number of allylic oxidation sites excluding steroid dienone is 3. The summed E-state index contributed by atoms with van der Waals surface area (Å²) >= 11 is 0. The van der Waals surface area contributed by atoms with E-state index in [2.05, 4.69) is 0 Å². The molecule has 1 aliphatic rings. The van der Waals surface area contributed by atoms with E-state index >= 15 is 0 Å². The lowest BCUT2D eigenvalue weighted by atomic mass is 9.87. The Morgan fingerprint density at radius 3 is 1.94 bits per heavy atom. The Morgan fingerprint density at radius 1 is 0.886 bits per heavy atom. The summed E-state index contributed by atoms with van der Waals surface area (Å²) in [4.78, 5) is 24.1. The first-order chi connectivity index (χ1) is 17.0. The number of carbonyl (C=O) groups is 2. The third-order valence-electron chi connectivity index (χ3n) is 5.25. The van der Waals surface area contributed by atoms with Crippen molar-refractivity contribution in [1.29, 1.82) is 0 Å². The van der Waals surface area contributed by atoms with Crippen LogP contribution < -0.4 is 0 Å². The number of ether oxygens (including phenoxy) is 4. The highest BCUT2D eigenvalue weighted by Crippen LogP contribution is 2.32. The molecule has 7 nitrogen and oxygen atoms in total. The number of hydrogen-bond acceptors (Lipinski definition) is 7. The Hall–Kier alpha value is -3.94. The van der Waals surface area contributed by atoms with Crippen LogP contribution in [0, 0.1) is 0 Å². The van der Waals surface area contributed by atoms with E-state index in [1.807, 2.05) is 12.1 Å². The second kappa shape index (κ2) is 12.5. The lowest BCUT2D eigenvalue weighted by Gasteiger charge is -2.34. The van der Waals surface area contributed by atoms with E-state index in [0.29, 0.717) is 22.5 Å². The Labute approximate surface area is 204 Å². The predicted octanol–water partition coefficient (Wildman–Crippen LogP) is 4.03. The zero-order valence-electron chi connectivity index (χ0n) is 19.6. The van der Waals surface area contributed by atoms with Crippen molar-refractivity contribution < 1.29 is 33.6 Å². The monoisotopic (exact) mass is 476 g/mol. The second-order valence-corrected chi connectivity index (χ2v) is 7.59. The number of esters is 2. The molecular weight excluding hydrogens is 448 g/mol. The van der Waals surface area contributed by atoms with Gasteiger partial charge in [-0.05, 0) is 48.6 Å². The molecule has 0 fully saturated rings. The average molecular weight is 477 g/mol. The van der Waals surface area contributed by atoms with Gasteiger partial charge in [0.05, 0.1) is 18.2 Å². The maximum Gasteiger partial charge on any atom is 0.338 e. The summed E-state index contributed by atoms with van der Waals surface area (Å²) in [5.41, 5.74) is 0.0585. The fourth-order valence-corrected chi connectivity index (χ4v) is 3.53. The topological polar surface area (TPSA) is 91.3 Å². The fraction of sp³-hybridized carbons (Fsp3) is 0.214. The van der Waals surface area contributed by atoms with Gasteiger partial charge in [0.25, 0.3) is 0 Å². The number of benzene rings is 2. The first-order valence-electron chi connectivity index (χ1n) is 11.0. The molecule has 0 radical (unpaired) electrons. The molecule has 0 bridgehead atoms. The molecular formula is C28H28O7. The average Bonchev–Trinajstić information content (AvgIpc) is 2.90. The van der Waals surface area contributed by atoms with E-state index in [-0.39, 0.29) is 13.2 Å². The molecule has 7 heteroatoms. The van der Waals surface area contributed by atoms with E-state index < -0.39 is 23.6 Å². The molecule has 0 saturated heterocycles. The number of carbonyl (C=O) groups excluding carboxylic acids is 2. The molecule has 182 valence electrons. The van der Waals surface area contributed by atoms with Crippen molar-refractivity contribution in [3.05, 3.63) is 120 Å². The van der Waals surface area contributed by atoms with E-state index in [1.54, 1.807) is 78.9 Å². The lowest BCUT2D eigenvalue weighted by molar-refractivity contribution is -0.0397. The summed E-state index contributed by atoms with van der Waals surface area (Å²) in [6, 6.07) is 17.4. The number of rotatable bonds is 10. The van der Waals surface area contributed by atoms with Crippen molar-refractivity contribution in [3.8, 4) is 0 Å². The molecule has 0 spiro atoms. The van der Waals surface area contributed by atoms with Crippen LogP contribution >= 0.6 is 0 Å². The SMILES string of the molecule is COC1=C(/C=C/COC(=O)c2ccccc2)C=CC(O)(C=CCOC(=O)c2ccccc2)C1OC. The van der Waals surface area contributed by atoms with Gasteiger partial charge in [0.1, 0.15) is 24.6 Å². The molecule has 2 atom stereocenters. The molecule has 2 unspecified atom stereocenters. The van der Waals surface area contributed by atoms with Gasteiger partial charge in [-0.3, -0.25) is 0 Å². The van der Waals surface area contributed by atoms with Crippen molar-refractivity contribution in [2.45, 2.75) is 11.7 Å². The highest BCUT2D eigenvalue weighted by molar-refractivity contribution is 5.89. The molecule has 2 aromatic carbocycles. The highest BCUT2D eigenvalue weighted by atomic mass is 16.5. The van der Waals surface area contributed by atoms with E-state index in [0.717, 1.165) is 0 Å². The normalized spacial score (nSPS) is 19.8. The highest BCUT2D eigenvalue weighted by Gasteiger charge is 2.39. The van der Waals surface area contributed by atoms with Crippen LogP contribution in [-0.4, -0.2) is 56.2 Å². The van der Waals surface area contributed by atoms with Crippen LogP contribution in [0.3, 0.4) is 0 Å². The zero-order valence-corrected chi connectivity index (χ0v) is 19.6. The van der Waals surface area contributed by atoms with Gasteiger partial charge in [0, 0.05) is 12.7 Å². The van der Waals surface area contributed by atoms with Crippen molar-refractivity contribution in [2.75, 3.05) is 27.4 Å². The predicted molar refractivity (Wildman–Crippen MR) is 131 cm³/mol. The van der Waals surface area contributed by atoms with E-state index in [9.17, 15) is 14.7 Å². The smallest absolute Gasteiger partial charge is 0.338 e. The summed E-state index contributed by atoms with van der Waals surface area (Å²) in [5.74, 6) is -0.478. The lowest BCUT2D eigenvalue weighted by Crippen LogP contribution is -2.44. The van der Waals surface area contributed by atoms with Gasteiger partial charge in [-0.15, -0.1) is 0 Å². The van der Waals surface area contributed by atoms with Gasteiger partial charge < -0.3 is 24.1 Å². The molecule has 1 N–H and O–H groups in total. The van der Waals surface area contributed by atoms with Crippen LogP contribution in [0.15, 0.2) is 108 Å². The van der Waals surface area contributed by atoms with Gasteiger partial charge in [0.15, 0.2) is 6.10 Å². The molecule has 0 aliphatic heterocycles. The van der Waals surface area contributed by atoms with Gasteiger partial charge in [-0.1, -0.05) is 48.6 Å². The standard InChI is InChI=1S/C28H28O7/c1-32-24-21(15-9-19-34-26(29)22-11-5-3-6-12-22)16-18-28(31,25(24)33-2)17-10-20-35-27(30)23-13-7-4-8-14-23/h3-18,25,31H,19-20H2,1-2H3/b15-9+,17-10?. The molecule has 35 heavy (non-hydrogen) atoms. The van der Waals surface area contributed by atoms with Gasteiger partial charge in [0.2, 0.25) is 0 Å². The Kier molecular flexibility index (Phi) is 9.17. The Morgan fingerprint density at radius 2 is 1.43 bits per heavy atom. The van der Waals surface area contributed by atoms with Crippen LogP contribution in [-0.2, 0) is 18.9 Å². The minimum atomic E-state index is -1.52. The molecule has 0 saturated carbocycles. The maximum absolute atomic E-state index is 12.1. The van der Waals surface area contributed by atoms with Crippen LogP contribution in [0.5, 0.6) is 0 Å². The van der Waals surface area contributed by atoms with E-state index in [1.165, 1.54) is 20.3 Å². The van der Waals surface area contributed by atoms with Gasteiger partial charge in [-0.25, -0.2) is 9.59 Å². The van der Waals surface area contributed by atoms with Gasteiger partial charge in [-0.2, -0.15) is 0 Å². The van der Waals surface area contributed by atoms with Crippen molar-refractivity contribution in [2.24, 2.45) is 0 Å². The number of aliphatic hydroxyl groups is 1. The summed E-state index contributed by atoms with van der Waals surface area (Å²) in [5, 5.41) is 11.2. The summed E-state index contributed by atoms with van der Waals surface area (Å²) in [7, 11) is 2.94. The van der Waals surface area contributed by atoms with Crippen LogP contribution in [0.4, 0.5) is 0 Å². The van der Waals surface area contributed by atoms with Crippen LogP contribution in [0.1, 0.15) is 20.7 Å². The summed E-state index contributed by atoms with van der Waals surface area (Å²) in [6.07, 6.45) is 8.86. The fourth-order valence-electron chi connectivity index (χ4n) is 3.53. The van der Waals surface area contributed by atoms with Crippen molar-refractivity contribution in [3.63, 3.8) is 0 Å². The quantitative estimate of drug-likeness (QED) is 0.409. The maximum atomic E-state index is 12.1. The minimum Gasteiger partial charge on any atom is -0.498 e. The first-order valence-corrected chi connectivity index (χ1v) is 11.0. The Balaban J connectivity index is 1.61. The minimum absolute atomic E-state index is 0.0219. The van der Waals surface area contributed by atoms with Crippen molar-refractivity contribution in [1.82, 2.24) is 0 Å². The number of hydrogen-bond donors (Lipinski definition) is 1. The third kappa shape index (κ3) is 6.79. The zero-order chi connectivity index (χ0) is 25.1. The van der Waals surface area contributed by atoms with Crippen molar-refractivity contribution >= 4 is 11.9 Å². The van der Waals surface area contributed by atoms with Crippen LogP contribution in [0.25, 0.3) is 0 Å². The Bertz CT molecular complexity index is 1120. The van der Waals surface area contributed by atoms with E-state index in [4.69, 9.17) is 18.9 Å². The summed E-state index contributed by atoms with van der Waals surface area (Å²) in [6.45, 7) is 0.0442. The number of methoxy groups -OCH3 is 2. The van der Waals surface area contributed by atoms with Gasteiger partial charge >= 0.3 is 11.9 Å². The summed E-state index contributed by atoms with van der Waals surface area (Å²) < 4.78 is 21.5. The first kappa shape index (κ1) is 25.7. The molecule has 0 heterocycles.